The number of carbonyl (C=O) groups is 1. The minimum absolute atomic E-state index is 0.264. The first kappa shape index (κ1) is 14.6. The first-order valence-corrected chi connectivity index (χ1v) is 7.86. The van der Waals surface area contributed by atoms with Crippen LogP contribution < -0.4 is 9.88 Å². The van der Waals surface area contributed by atoms with Gasteiger partial charge in [0.1, 0.15) is 13.1 Å². The standard InChI is InChI=1S/C18H21N3O/c22-18(10-9-16-6-2-1-3-7-16)21-14-12-20(13-15-21)17-8-4-5-11-19-17/h1-8,11H,9-10,12-15H2/p+1. The van der Waals surface area contributed by atoms with Crippen molar-refractivity contribution in [3.05, 3.63) is 60.3 Å². The number of amides is 1. The summed E-state index contributed by atoms with van der Waals surface area (Å²) in [6.07, 6.45) is 3.36. The molecule has 1 aromatic heterocycles. The summed E-state index contributed by atoms with van der Waals surface area (Å²) in [5, 5.41) is 0. The van der Waals surface area contributed by atoms with Crippen molar-refractivity contribution >= 4 is 11.7 Å². The number of nitrogens with one attached hydrogen (secondary N) is 1. The van der Waals surface area contributed by atoms with Gasteiger partial charge in [0, 0.05) is 12.5 Å². The molecule has 1 aromatic carbocycles. The number of aryl methyl sites for hydroxylation is 1. The van der Waals surface area contributed by atoms with Crippen LogP contribution in [0.3, 0.4) is 0 Å². The van der Waals surface area contributed by atoms with Crippen LogP contribution in [0.5, 0.6) is 0 Å². The van der Waals surface area contributed by atoms with Gasteiger partial charge < -0.3 is 4.90 Å². The SMILES string of the molecule is O=C(CCc1ccccc1)N1CCN(c2cccc[nH+]2)CC1. The van der Waals surface area contributed by atoms with Gasteiger partial charge in [0.15, 0.2) is 0 Å². The molecule has 2 aromatic rings. The molecule has 0 radical (unpaired) electrons. The van der Waals surface area contributed by atoms with Crippen molar-refractivity contribution in [2.75, 3.05) is 31.1 Å². The van der Waals surface area contributed by atoms with E-state index in [-0.39, 0.29) is 5.91 Å². The summed E-state index contributed by atoms with van der Waals surface area (Å²) in [7, 11) is 0. The summed E-state index contributed by atoms with van der Waals surface area (Å²) in [4.78, 5) is 19.8. The highest BCUT2D eigenvalue weighted by Gasteiger charge is 2.25. The molecule has 1 N–H and O–H groups in total. The zero-order chi connectivity index (χ0) is 15.2. The Bertz CT molecular complexity index is 592. The molecular weight excluding hydrogens is 274 g/mol. The molecule has 114 valence electrons. The monoisotopic (exact) mass is 296 g/mol. The van der Waals surface area contributed by atoms with E-state index in [9.17, 15) is 4.79 Å². The van der Waals surface area contributed by atoms with Crippen LogP contribution in [0.1, 0.15) is 12.0 Å². The Morgan fingerprint density at radius 3 is 2.36 bits per heavy atom. The Morgan fingerprint density at radius 1 is 0.955 bits per heavy atom. The zero-order valence-corrected chi connectivity index (χ0v) is 12.7. The Hall–Kier alpha value is -2.36. The lowest BCUT2D eigenvalue weighted by molar-refractivity contribution is -0.364. The normalized spacial score (nSPS) is 14.9. The van der Waals surface area contributed by atoms with Gasteiger partial charge >= 0.3 is 0 Å². The highest BCUT2D eigenvalue weighted by Crippen LogP contribution is 2.11. The van der Waals surface area contributed by atoms with Crippen LogP contribution in [0.2, 0.25) is 0 Å². The molecule has 0 spiro atoms. The number of nitrogens with zero attached hydrogens (tertiary/aromatic N) is 2. The van der Waals surface area contributed by atoms with E-state index >= 15 is 0 Å². The number of pyridine rings is 1. The second kappa shape index (κ2) is 7.07. The number of carbonyl (C=O) groups excluding carboxylic acids is 1. The molecule has 1 saturated heterocycles. The number of hydrogen-bond acceptors (Lipinski definition) is 2. The number of anilines is 1. The first-order valence-electron chi connectivity index (χ1n) is 7.86. The molecule has 1 fully saturated rings. The number of benzene rings is 1. The highest BCUT2D eigenvalue weighted by molar-refractivity contribution is 5.76. The largest absolute Gasteiger partial charge is 0.335 e. The van der Waals surface area contributed by atoms with Crippen molar-refractivity contribution < 1.29 is 9.78 Å². The molecule has 22 heavy (non-hydrogen) atoms. The Labute approximate surface area is 131 Å². The van der Waals surface area contributed by atoms with Crippen molar-refractivity contribution in [2.45, 2.75) is 12.8 Å². The molecule has 1 amide bonds. The smallest absolute Gasteiger partial charge is 0.274 e. The number of aromatic amines is 1. The Balaban J connectivity index is 1.48. The van der Waals surface area contributed by atoms with Gasteiger partial charge in [-0.25, -0.2) is 4.98 Å². The molecule has 1 aliphatic heterocycles. The Morgan fingerprint density at radius 2 is 1.68 bits per heavy atom. The van der Waals surface area contributed by atoms with Crippen molar-refractivity contribution in [1.29, 1.82) is 0 Å². The van der Waals surface area contributed by atoms with Gasteiger partial charge in [-0.2, -0.15) is 0 Å². The van der Waals surface area contributed by atoms with Crippen LogP contribution >= 0.6 is 0 Å². The van der Waals surface area contributed by atoms with Crippen molar-refractivity contribution in [3.8, 4) is 0 Å². The quantitative estimate of drug-likeness (QED) is 0.862. The minimum atomic E-state index is 0.264. The fourth-order valence-corrected chi connectivity index (χ4v) is 2.83. The second-order valence-electron chi connectivity index (χ2n) is 5.60. The van der Waals surface area contributed by atoms with Gasteiger partial charge in [-0.15, -0.1) is 0 Å². The molecule has 0 saturated carbocycles. The molecular formula is C18H22N3O+. The van der Waals surface area contributed by atoms with Crippen LogP contribution in [0.25, 0.3) is 0 Å². The molecule has 3 rings (SSSR count). The summed E-state index contributed by atoms with van der Waals surface area (Å²) >= 11 is 0. The van der Waals surface area contributed by atoms with Gasteiger partial charge in [0.05, 0.1) is 19.3 Å². The molecule has 2 heterocycles. The third kappa shape index (κ3) is 3.64. The second-order valence-corrected chi connectivity index (χ2v) is 5.60. The fourth-order valence-electron chi connectivity index (χ4n) is 2.83. The van der Waals surface area contributed by atoms with Crippen molar-refractivity contribution in [2.24, 2.45) is 0 Å². The maximum Gasteiger partial charge on any atom is 0.274 e. The van der Waals surface area contributed by atoms with Gasteiger partial charge in [-0.05, 0) is 18.1 Å². The van der Waals surface area contributed by atoms with E-state index in [1.165, 1.54) is 5.56 Å². The maximum atomic E-state index is 12.3. The highest BCUT2D eigenvalue weighted by atomic mass is 16.2. The van der Waals surface area contributed by atoms with E-state index in [0.29, 0.717) is 6.42 Å². The molecule has 0 unspecified atom stereocenters. The van der Waals surface area contributed by atoms with Gasteiger partial charge in [0.25, 0.3) is 5.82 Å². The molecule has 1 aliphatic rings. The van der Waals surface area contributed by atoms with Crippen LogP contribution in [0.4, 0.5) is 5.82 Å². The third-order valence-electron chi connectivity index (χ3n) is 4.14. The molecule has 0 aliphatic carbocycles. The van der Waals surface area contributed by atoms with Gasteiger partial charge in [0.2, 0.25) is 5.91 Å². The lowest BCUT2D eigenvalue weighted by atomic mass is 10.1. The number of aromatic nitrogens is 1. The van der Waals surface area contributed by atoms with Crippen LogP contribution in [0, 0.1) is 0 Å². The summed E-state index contributed by atoms with van der Waals surface area (Å²) in [5.41, 5.74) is 1.23. The fraction of sp³-hybridized carbons (Fsp3) is 0.333. The van der Waals surface area contributed by atoms with E-state index in [1.54, 1.807) is 0 Å². The Kier molecular flexibility index (Phi) is 4.68. The summed E-state index contributed by atoms with van der Waals surface area (Å²) in [6.45, 7) is 3.38. The number of rotatable bonds is 4. The van der Waals surface area contributed by atoms with E-state index in [2.05, 4.69) is 28.1 Å². The molecule has 4 heteroatoms. The first-order chi connectivity index (χ1) is 10.8. The zero-order valence-electron chi connectivity index (χ0n) is 12.7. The predicted octanol–water partition coefficient (Wildman–Crippen LogP) is 1.78. The lowest BCUT2D eigenvalue weighted by Gasteiger charge is -2.31. The van der Waals surface area contributed by atoms with Crippen LogP contribution in [0.15, 0.2) is 54.7 Å². The van der Waals surface area contributed by atoms with Crippen molar-refractivity contribution in [3.63, 3.8) is 0 Å². The third-order valence-corrected chi connectivity index (χ3v) is 4.14. The van der Waals surface area contributed by atoms with Gasteiger partial charge in [-0.1, -0.05) is 36.4 Å². The van der Waals surface area contributed by atoms with Crippen LogP contribution in [-0.2, 0) is 11.2 Å². The lowest BCUT2D eigenvalue weighted by Crippen LogP contribution is -2.50. The number of hydrogen-bond donors (Lipinski definition) is 0. The summed E-state index contributed by atoms with van der Waals surface area (Å²) < 4.78 is 0. The maximum absolute atomic E-state index is 12.3. The van der Waals surface area contributed by atoms with Crippen LogP contribution in [-0.4, -0.2) is 37.0 Å². The minimum Gasteiger partial charge on any atom is -0.335 e. The molecule has 0 bridgehead atoms. The van der Waals surface area contributed by atoms with Crippen molar-refractivity contribution in [1.82, 2.24) is 4.90 Å². The molecule has 0 atom stereocenters. The molecule has 4 nitrogen and oxygen atoms in total. The average Bonchev–Trinajstić information content (AvgIpc) is 2.61. The van der Waals surface area contributed by atoms with E-state index < -0.39 is 0 Å². The van der Waals surface area contributed by atoms with Gasteiger partial charge in [-0.3, -0.25) is 9.69 Å². The average molecular weight is 296 g/mol. The topological polar surface area (TPSA) is 37.7 Å². The summed E-state index contributed by atoms with van der Waals surface area (Å²) in [5.74, 6) is 1.39. The summed E-state index contributed by atoms with van der Waals surface area (Å²) in [6, 6.07) is 16.3. The number of piperazine rings is 1. The van der Waals surface area contributed by atoms with E-state index in [1.807, 2.05) is 41.4 Å². The van der Waals surface area contributed by atoms with E-state index in [4.69, 9.17) is 0 Å². The number of H-pyrrole nitrogens is 1. The predicted molar refractivity (Wildman–Crippen MR) is 86.6 cm³/mol. The van der Waals surface area contributed by atoms with E-state index in [0.717, 1.165) is 38.4 Å².